The standard InChI is InChI=1S/C32H38N2O6/c1-5-34(6-2)17-24-27(21-10-8-7-9-11-21)32(23-14-12-20(13-15-23)22-18-39-19-22)31(36,29(24)35)28-25(40-32)16-26(37-3)33-30(28)38-4/h7-16,22,24,27,29,35-36H,5-6,17-19H2,1-4H3/t24-,27-,29-,31+,32+/m1/s1. The van der Waals surface area contributed by atoms with Crippen LogP contribution in [0.15, 0.2) is 60.7 Å². The molecule has 8 heteroatoms. The molecule has 0 radical (unpaired) electrons. The van der Waals surface area contributed by atoms with Crippen LogP contribution in [0.25, 0.3) is 0 Å². The van der Waals surface area contributed by atoms with Gasteiger partial charge in [-0.15, -0.1) is 0 Å². The number of aliphatic hydroxyl groups excluding tert-OH is 1. The molecule has 3 aromatic rings. The van der Waals surface area contributed by atoms with E-state index in [9.17, 15) is 10.2 Å². The topological polar surface area (TPSA) is 93.5 Å². The van der Waals surface area contributed by atoms with Crippen LogP contribution in [0.1, 0.15) is 47.9 Å². The molecule has 1 saturated carbocycles. The fourth-order valence-electron chi connectivity index (χ4n) is 7.08. The zero-order chi connectivity index (χ0) is 28.1. The average Bonchev–Trinajstić information content (AvgIpc) is 3.33. The van der Waals surface area contributed by atoms with E-state index in [4.69, 9.17) is 18.9 Å². The summed E-state index contributed by atoms with van der Waals surface area (Å²) in [6.45, 7) is 7.87. The van der Waals surface area contributed by atoms with Crippen molar-refractivity contribution < 1.29 is 29.2 Å². The highest BCUT2D eigenvalue weighted by Crippen LogP contribution is 2.70. The monoisotopic (exact) mass is 546 g/mol. The number of rotatable bonds is 9. The molecule has 1 aromatic heterocycles. The van der Waals surface area contributed by atoms with E-state index in [1.54, 1.807) is 6.07 Å². The van der Waals surface area contributed by atoms with Crippen LogP contribution < -0.4 is 14.2 Å². The van der Waals surface area contributed by atoms with E-state index in [1.165, 1.54) is 19.8 Å². The molecule has 3 heterocycles. The molecule has 40 heavy (non-hydrogen) atoms. The van der Waals surface area contributed by atoms with E-state index in [1.807, 2.05) is 30.3 Å². The predicted octanol–water partition coefficient (Wildman–Crippen LogP) is 3.80. The Morgan fingerprint density at radius 1 is 0.975 bits per heavy atom. The minimum absolute atomic E-state index is 0.177. The first-order valence-electron chi connectivity index (χ1n) is 14.1. The highest BCUT2D eigenvalue weighted by Gasteiger charge is 2.77. The first-order chi connectivity index (χ1) is 19.4. The molecule has 2 aliphatic heterocycles. The van der Waals surface area contributed by atoms with Gasteiger partial charge in [0.15, 0.2) is 11.2 Å². The number of aliphatic hydroxyl groups is 2. The van der Waals surface area contributed by atoms with Crippen molar-refractivity contribution in [1.82, 2.24) is 9.88 Å². The van der Waals surface area contributed by atoms with Gasteiger partial charge in [0.05, 0.1) is 39.1 Å². The number of ether oxygens (including phenoxy) is 4. The van der Waals surface area contributed by atoms with Crippen molar-refractivity contribution in [3.05, 3.63) is 82.9 Å². The zero-order valence-corrected chi connectivity index (χ0v) is 23.5. The van der Waals surface area contributed by atoms with E-state index in [0.29, 0.717) is 42.9 Å². The summed E-state index contributed by atoms with van der Waals surface area (Å²) >= 11 is 0. The van der Waals surface area contributed by atoms with E-state index in [-0.39, 0.29) is 11.8 Å². The Bertz CT molecular complexity index is 1340. The lowest BCUT2D eigenvalue weighted by atomic mass is 9.70. The van der Waals surface area contributed by atoms with Gasteiger partial charge in [0.1, 0.15) is 5.75 Å². The molecule has 212 valence electrons. The number of nitrogens with zero attached hydrogens (tertiary/aromatic N) is 2. The Labute approximate surface area is 235 Å². The molecule has 1 saturated heterocycles. The second kappa shape index (κ2) is 10.3. The lowest BCUT2D eigenvalue weighted by molar-refractivity contribution is -0.152. The van der Waals surface area contributed by atoms with Gasteiger partial charge in [-0.2, -0.15) is 4.98 Å². The summed E-state index contributed by atoms with van der Waals surface area (Å²) in [4.78, 5) is 6.78. The molecule has 2 fully saturated rings. The second-order valence-electron chi connectivity index (χ2n) is 11.0. The Morgan fingerprint density at radius 2 is 1.68 bits per heavy atom. The molecule has 0 unspecified atom stereocenters. The molecular weight excluding hydrogens is 508 g/mol. The molecule has 0 bridgehead atoms. The third-order valence-corrected chi connectivity index (χ3v) is 9.22. The normalized spacial score (nSPS) is 29.0. The Balaban J connectivity index is 1.62. The molecule has 2 aromatic carbocycles. The van der Waals surface area contributed by atoms with Crippen LogP contribution in [0.5, 0.6) is 17.5 Å². The number of pyridine rings is 1. The quantitative estimate of drug-likeness (QED) is 0.419. The number of aromatic nitrogens is 1. The maximum Gasteiger partial charge on any atom is 0.226 e. The summed E-state index contributed by atoms with van der Waals surface area (Å²) in [6, 6.07) is 20.0. The van der Waals surface area contributed by atoms with Crippen molar-refractivity contribution in [2.24, 2.45) is 5.92 Å². The van der Waals surface area contributed by atoms with Gasteiger partial charge in [-0.05, 0) is 29.8 Å². The van der Waals surface area contributed by atoms with Crippen molar-refractivity contribution in [2.45, 2.75) is 43.0 Å². The van der Waals surface area contributed by atoms with Gasteiger partial charge in [0, 0.05) is 30.4 Å². The van der Waals surface area contributed by atoms with Gasteiger partial charge >= 0.3 is 0 Å². The van der Waals surface area contributed by atoms with Gasteiger partial charge in [-0.1, -0.05) is 68.4 Å². The van der Waals surface area contributed by atoms with Crippen LogP contribution in [-0.4, -0.2) is 73.3 Å². The number of fused-ring (bicyclic) bond motifs is 3. The highest BCUT2D eigenvalue weighted by molar-refractivity contribution is 5.60. The molecular formula is C32H38N2O6. The summed E-state index contributed by atoms with van der Waals surface area (Å²) in [5.41, 5.74) is 0.0866. The Kier molecular flexibility index (Phi) is 6.99. The summed E-state index contributed by atoms with van der Waals surface area (Å²) in [5, 5.41) is 25.4. The molecule has 3 aliphatic rings. The van der Waals surface area contributed by atoms with Gasteiger partial charge in [0.25, 0.3) is 0 Å². The molecule has 2 N–H and O–H groups in total. The van der Waals surface area contributed by atoms with Crippen LogP contribution in [0.3, 0.4) is 0 Å². The van der Waals surface area contributed by atoms with Crippen LogP contribution >= 0.6 is 0 Å². The van der Waals surface area contributed by atoms with Crippen molar-refractivity contribution in [1.29, 1.82) is 0 Å². The van der Waals surface area contributed by atoms with E-state index in [2.05, 4.69) is 48.0 Å². The summed E-state index contributed by atoms with van der Waals surface area (Å²) in [6.07, 6.45) is -1.18. The van der Waals surface area contributed by atoms with Crippen molar-refractivity contribution in [3.63, 3.8) is 0 Å². The maximum absolute atomic E-state index is 13.1. The molecule has 6 rings (SSSR count). The fraction of sp³-hybridized carbons (Fsp3) is 0.469. The third-order valence-electron chi connectivity index (χ3n) is 9.22. The molecule has 5 atom stereocenters. The van der Waals surface area contributed by atoms with E-state index in [0.717, 1.165) is 24.2 Å². The van der Waals surface area contributed by atoms with Gasteiger partial charge in [-0.25, -0.2) is 0 Å². The maximum atomic E-state index is 13.1. The average molecular weight is 547 g/mol. The molecule has 1 aliphatic carbocycles. The number of methoxy groups -OCH3 is 2. The van der Waals surface area contributed by atoms with Gasteiger partial charge in [0.2, 0.25) is 11.8 Å². The van der Waals surface area contributed by atoms with Crippen LogP contribution in [0.4, 0.5) is 0 Å². The fourth-order valence-corrected chi connectivity index (χ4v) is 7.08. The SMILES string of the molecule is CCN(CC)C[C@H]1[C@@H](O)[C@@]2(O)c3c(cc(OC)nc3OC)O[C@@]2(c2ccc(C3COC3)cc2)[C@@H]1c1ccccc1. The van der Waals surface area contributed by atoms with Crippen molar-refractivity contribution in [3.8, 4) is 17.5 Å². The second-order valence-corrected chi connectivity index (χ2v) is 11.0. The number of hydrogen-bond donors (Lipinski definition) is 2. The number of hydrogen-bond acceptors (Lipinski definition) is 8. The van der Waals surface area contributed by atoms with Gasteiger partial charge < -0.3 is 34.1 Å². The van der Waals surface area contributed by atoms with Gasteiger partial charge in [-0.3, -0.25) is 0 Å². The van der Waals surface area contributed by atoms with Crippen LogP contribution in [0, 0.1) is 5.92 Å². The largest absolute Gasteiger partial charge is 0.481 e. The van der Waals surface area contributed by atoms with Crippen molar-refractivity contribution >= 4 is 0 Å². The third kappa shape index (κ3) is 3.77. The highest BCUT2D eigenvalue weighted by atomic mass is 16.5. The Morgan fingerprint density at radius 3 is 2.25 bits per heavy atom. The van der Waals surface area contributed by atoms with Crippen LogP contribution in [0.2, 0.25) is 0 Å². The minimum Gasteiger partial charge on any atom is -0.481 e. The molecule has 0 amide bonds. The molecule has 8 nitrogen and oxygen atoms in total. The first kappa shape index (κ1) is 27.0. The van der Waals surface area contributed by atoms with E-state index >= 15 is 0 Å². The lowest BCUT2D eigenvalue weighted by Crippen LogP contribution is -2.52. The zero-order valence-electron chi connectivity index (χ0n) is 23.5. The summed E-state index contributed by atoms with van der Waals surface area (Å²) in [7, 11) is 3.03. The summed E-state index contributed by atoms with van der Waals surface area (Å²) in [5.74, 6) is 0.484. The summed E-state index contributed by atoms with van der Waals surface area (Å²) < 4.78 is 23.6. The van der Waals surface area contributed by atoms with Crippen LogP contribution in [-0.2, 0) is 15.9 Å². The predicted molar refractivity (Wildman–Crippen MR) is 150 cm³/mol. The molecule has 0 spiro atoms. The smallest absolute Gasteiger partial charge is 0.226 e. The van der Waals surface area contributed by atoms with E-state index < -0.39 is 23.2 Å². The Hall–Kier alpha value is -3.17. The lowest BCUT2D eigenvalue weighted by Gasteiger charge is -2.41. The minimum atomic E-state index is -1.85. The number of benzene rings is 2. The first-order valence-corrected chi connectivity index (χ1v) is 14.1. The van der Waals surface area contributed by atoms with Crippen molar-refractivity contribution in [2.75, 3.05) is 47.1 Å².